The third-order valence-corrected chi connectivity index (χ3v) is 3.89. The van der Waals surface area contributed by atoms with E-state index in [0.717, 1.165) is 18.5 Å². The summed E-state index contributed by atoms with van der Waals surface area (Å²) in [4.78, 5) is 4.23. The number of hydrogen-bond acceptors (Lipinski definition) is 2. The van der Waals surface area contributed by atoms with Gasteiger partial charge in [0.1, 0.15) is 5.82 Å². The van der Waals surface area contributed by atoms with Gasteiger partial charge in [-0.1, -0.05) is 37.3 Å². The number of imidazole rings is 1. The monoisotopic (exact) mass is 283 g/mol. The van der Waals surface area contributed by atoms with Gasteiger partial charge in [-0.3, -0.25) is 0 Å². The second-order valence-electron chi connectivity index (χ2n) is 5.36. The lowest BCUT2D eigenvalue weighted by molar-refractivity contribution is 0.590. The first kappa shape index (κ1) is 13.6. The molecule has 1 atom stereocenters. The highest BCUT2D eigenvalue weighted by Crippen LogP contribution is 2.23. The Morgan fingerprint density at radius 1 is 1.19 bits per heavy atom. The Morgan fingerprint density at radius 3 is 2.71 bits per heavy atom. The molecular formula is C17H18FN3. The van der Waals surface area contributed by atoms with Crippen LogP contribution in [0, 0.1) is 5.82 Å². The first-order valence-corrected chi connectivity index (χ1v) is 7.11. The van der Waals surface area contributed by atoms with Crippen LogP contribution in [0.15, 0.2) is 48.5 Å². The fraction of sp³-hybridized carbons (Fsp3) is 0.235. The van der Waals surface area contributed by atoms with Crippen molar-refractivity contribution in [3.05, 3.63) is 59.9 Å². The minimum Gasteiger partial charge on any atom is -0.369 e. The van der Waals surface area contributed by atoms with E-state index >= 15 is 0 Å². The maximum absolute atomic E-state index is 13.2. The number of aryl methyl sites for hydroxylation is 1. The molecule has 0 saturated heterocycles. The first-order valence-electron chi connectivity index (χ1n) is 7.11. The lowest BCUT2D eigenvalue weighted by Gasteiger charge is -2.13. The van der Waals surface area contributed by atoms with Crippen LogP contribution >= 0.6 is 0 Å². The van der Waals surface area contributed by atoms with E-state index in [2.05, 4.69) is 36.2 Å². The Morgan fingerprint density at radius 2 is 1.95 bits per heavy atom. The highest BCUT2D eigenvalue weighted by atomic mass is 19.1. The molecule has 0 bridgehead atoms. The van der Waals surface area contributed by atoms with Crippen molar-refractivity contribution < 1.29 is 4.39 Å². The molecule has 2 aromatic carbocycles. The van der Waals surface area contributed by atoms with E-state index in [4.69, 9.17) is 5.73 Å². The maximum Gasteiger partial charge on any atom is 0.201 e. The van der Waals surface area contributed by atoms with Gasteiger partial charge in [0.05, 0.1) is 11.0 Å². The summed E-state index contributed by atoms with van der Waals surface area (Å²) in [5.41, 5.74) is 8.76. The van der Waals surface area contributed by atoms with Crippen LogP contribution in [-0.2, 0) is 6.54 Å². The number of halogens is 1. The fourth-order valence-corrected chi connectivity index (χ4v) is 2.63. The Balaban J connectivity index is 1.81. The summed E-state index contributed by atoms with van der Waals surface area (Å²) in [5.74, 6) is 0.587. The Bertz CT molecular complexity index is 749. The molecule has 108 valence electrons. The molecule has 3 rings (SSSR count). The predicted octanol–water partition coefficient (Wildman–Crippen LogP) is 3.95. The third-order valence-electron chi connectivity index (χ3n) is 3.89. The Hall–Kier alpha value is -2.36. The van der Waals surface area contributed by atoms with Crippen LogP contribution in [0.3, 0.4) is 0 Å². The summed E-state index contributed by atoms with van der Waals surface area (Å²) in [6, 6.07) is 15.0. The van der Waals surface area contributed by atoms with Crippen molar-refractivity contribution in [3.8, 4) is 0 Å². The van der Waals surface area contributed by atoms with Gasteiger partial charge in [0, 0.05) is 12.6 Å². The molecule has 3 nitrogen and oxygen atoms in total. The lowest BCUT2D eigenvalue weighted by atomic mass is 9.98. The van der Waals surface area contributed by atoms with Crippen LogP contribution in [0.4, 0.5) is 10.3 Å². The summed E-state index contributed by atoms with van der Waals surface area (Å²) < 4.78 is 15.2. The second kappa shape index (κ2) is 5.56. The molecule has 0 fully saturated rings. The van der Waals surface area contributed by atoms with Gasteiger partial charge in [-0.05, 0) is 30.0 Å². The van der Waals surface area contributed by atoms with Crippen molar-refractivity contribution in [2.75, 3.05) is 5.73 Å². The molecule has 1 heterocycles. The van der Waals surface area contributed by atoms with Gasteiger partial charge in [-0.15, -0.1) is 0 Å². The van der Waals surface area contributed by atoms with Gasteiger partial charge < -0.3 is 10.3 Å². The lowest BCUT2D eigenvalue weighted by Crippen LogP contribution is -2.06. The van der Waals surface area contributed by atoms with E-state index in [0.29, 0.717) is 17.4 Å². The van der Waals surface area contributed by atoms with E-state index in [1.54, 1.807) is 6.07 Å². The minimum atomic E-state index is -0.287. The molecule has 2 N–H and O–H groups in total. The van der Waals surface area contributed by atoms with Crippen LogP contribution in [0.25, 0.3) is 11.0 Å². The number of anilines is 1. The maximum atomic E-state index is 13.2. The highest BCUT2D eigenvalue weighted by molar-refractivity contribution is 5.78. The number of hydrogen-bond donors (Lipinski definition) is 1. The molecule has 0 radical (unpaired) electrons. The average molecular weight is 283 g/mol. The van der Waals surface area contributed by atoms with Crippen LogP contribution < -0.4 is 5.73 Å². The van der Waals surface area contributed by atoms with E-state index in [-0.39, 0.29) is 5.82 Å². The molecular weight excluding hydrogens is 265 g/mol. The molecule has 0 aliphatic rings. The zero-order chi connectivity index (χ0) is 14.8. The van der Waals surface area contributed by atoms with Crippen molar-refractivity contribution in [1.82, 2.24) is 9.55 Å². The third kappa shape index (κ3) is 2.75. The van der Waals surface area contributed by atoms with E-state index in [1.807, 2.05) is 10.6 Å². The normalized spacial score (nSPS) is 12.7. The number of nitrogen functional groups attached to an aromatic ring is 1. The zero-order valence-electron chi connectivity index (χ0n) is 12.0. The smallest absolute Gasteiger partial charge is 0.201 e. The molecule has 21 heavy (non-hydrogen) atoms. The van der Waals surface area contributed by atoms with Crippen molar-refractivity contribution >= 4 is 17.0 Å². The molecule has 0 saturated carbocycles. The molecule has 1 aromatic heterocycles. The molecule has 3 aromatic rings. The van der Waals surface area contributed by atoms with E-state index in [9.17, 15) is 4.39 Å². The number of fused-ring (bicyclic) bond motifs is 1. The quantitative estimate of drug-likeness (QED) is 0.788. The van der Waals surface area contributed by atoms with Crippen molar-refractivity contribution in [2.45, 2.75) is 25.8 Å². The standard InChI is InChI=1S/C17H18FN3/c1-12(13-5-3-2-4-6-13)9-10-21-16-8-7-14(18)11-15(16)20-17(21)19/h2-8,11-12H,9-10H2,1H3,(H2,19,20). The first-order chi connectivity index (χ1) is 10.1. The number of nitrogens with zero attached hydrogens (tertiary/aromatic N) is 2. The zero-order valence-corrected chi connectivity index (χ0v) is 12.0. The summed E-state index contributed by atoms with van der Waals surface area (Å²) in [5, 5.41) is 0. The molecule has 0 aliphatic carbocycles. The van der Waals surface area contributed by atoms with Crippen molar-refractivity contribution in [3.63, 3.8) is 0 Å². The van der Waals surface area contributed by atoms with Gasteiger partial charge in [0.2, 0.25) is 5.95 Å². The minimum absolute atomic E-state index is 0.287. The number of rotatable bonds is 4. The SMILES string of the molecule is CC(CCn1c(N)nc2cc(F)ccc21)c1ccccc1. The predicted molar refractivity (Wildman–Crippen MR) is 83.6 cm³/mol. The Labute approximate surface area is 123 Å². The number of benzene rings is 2. The van der Waals surface area contributed by atoms with Crippen molar-refractivity contribution in [1.29, 1.82) is 0 Å². The number of nitrogens with two attached hydrogens (primary N) is 1. The van der Waals surface area contributed by atoms with Gasteiger partial charge in [-0.25, -0.2) is 9.37 Å². The van der Waals surface area contributed by atoms with E-state index < -0.39 is 0 Å². The van der Waals surface area contributed by atoms with Gasteiger partial charge in [0.15, 0.2) is 0 Å². The fourth-order valence-electron chi connectivity index (χ4n) is 2.63. The summed E-state index contributed by atoms with van der Waals surface area (Å²) in [7, 11) is 0. The van der Waals surface area contributed by atoms with Gasteiger partial charge in [-0.2, -0.15) is 0 Å². The molecule has 1 unspecified atom stereocenters. The van der Waals surface area contributed by atoms with Crippen LogP contribution in [0.1, 0.15) is 24.8 Å². The van der Waals surface area contributed by atoms with Crippen LogP contribution in [0.2, 0.25) is 0 Å². The van der Waals surface area contributed by atoms with Gasteiger partial charge >= 0.3 is 0 Å². The molecule has 0 spiro atoms. The summed E-state index contributed by atoms with van der Waals surface area (Å²) in [6.07, 6.45) is 0.955. The average Bonchev–Trinajstić information content (AvgIpc) is 2.80. The van der Waals surface area contributed by atoms with Crippen molar-refractivity contribution in [2.24, 2.45) is 0 Å². The Kier molecular flexibility index (Phi) is 3.60. The largest absolute Gasteiger partial charge is 0.369 e. The highest BCUT2D eigenvalue weighted by Gasteiger charge is 2.11. The van der Waals surface area contributed by atoms with Gasteiger partial charge in [0.25, 0.3) is 0 Å². The summed E-state index contributed by atoms with van der Waals surface area (Å²) in [6.45, 7) is 2.97. The molecule has 0 amide bonds. The molecule has 0 aliphatic heterocycles. The number of aromatic nitrogens is 2. The summed E-state index contributed by atoms with van der Waals surface area (Å²) >= 11 is 0. The second-order valence-corrected chi connectivity index (χ2v) is 5.36. The van der Waals surface area contributed by atoms with Crippen LogP contribution in [0.5, 0.6) is 0 Å². The van der Waals surface area contributed by atoms with E-state index in [1.165, 1.54) is 17.7 Å². The molecule has 4 heteroatoms. The van der Waals surface area contributed by atoms with Crippen LogP contribution in [-0.4, -0.2) is 9.55 Å². The topological polar surface area (TPSA) is 43.8 Å².